The lowest BCUT2D eigenvalue weighted by atomic mass is 10.0. The van der Waals surface area contributed by atoms with Gasteiger partial charge in [0.15, 0.2) is 0 Å². The van der Waals surface area contributed by atoms with Crippen LogP contribution in [0.2, 0.25) is 0 Å². The second-order valence-electron chi connectivity index (χ2n) is 4.94. The Bertz CT molecular complexity index is 519. The molecular weight excluding hydrogens is 302 g/mol. The Morgan fingerprint density at radius 2 is 2.05 bits per heavy atom. The minimum atomic E-state index is -0.800. The molecule has 0 fully saturated rings. The van der Waals surface area contributed by atoms with Gasteiger partial charge in [-0.25, -0.2) is 4.79 Å². The highest BCUT2D eigenvalue weighted by Crippen LogP contribution is 2.44. The number of carbonyl (C=O) groups is 1. The molecule has 0 radical (unpaired) electrons. The fraction of sp³-hybridized carbons (Fsp3) is 0.562. The van der Waals surface area contributed by atoms with E-state index in [1.807, 2.05) is 13.0 Å². The van der Waals surface area contributed by atoms with Crippen molar-refractivity contribution in [2.24, 2.45) is 5.73 Å². The third-order valence-electron chi connectivity index (χ3n) is 3.39. The molecule has 22 heavy (non-hydrogen) atoms. The summed E-state index contributed by atoms with van der Waals surface area (Å²) in [6, 6.07) is 1.89. The second kappa shape index (κ2) is 8.78. The molecule has 0 aromatic heterocycles. The summed E-state index contributed by atoms with van der Waals surface area (Å²) in [5, 5.41) is 0. The zero-order valence-corrected chi connectivity index (χ0v) is 14.7. The lowest BCUT2D eigenvalue weighted by molar-refractivity contribution is 0.116. The van der Waals surface area contributed by atoms with Crippen LogP contribution in [0.15, 0.2) is 11.0 Å². The molecule has 0 saturated carbocycles. The summed E-state index contributed by atoms with van der Waals surface area (Å²) < 4.78 is 16.1. The van der Waals surface area contributed by atoms with Crippen LogP contribution in [0.25, 0.3) is 0 Å². The number of ether oxygens (including phenoxy) is 3. The minimum absolute atomic E-state index is 0.463. The van der Waals surface area contributed by atoms with Crippen molar-refractivity contribution in [1.82, 2.24) is 0 Å². The molecule has 0 spiro atoms. The summed E-state index contributed by atoms with van der Waals surface area (Å²) in [6.45, 7) is 5.88. The topological polar surface area (TPSA) is 70.8 Å². The summed E-state index contributed by atoms with van der Waals surface area (Å²) >= 11 is 1.71. The molecule has 124 valence electrons. The molecular formula is C16H25NO4S. The molecule has 1 unspecified atom stereocenters. The third-order valence-corrected chi connectivity index (χ3v) is 4.56. The largest absolute Gasteiger partial charge is 0.495 e. The number of primary amides is 1. The van der Waals surface area contributed by atoms with E-state index in [0.29, 0.717) is 0 Å². The van der Waals surface area contributed by atoms with Crippen LogP contribution in [0.3, 0.4) is 0 Å². The summed E-state index contributed by atoms with van der Waals surface area (Å²) in [6.07, 6.45) is 0.998. The van der Waals surface area contributed by atoms with Gasteiger partial charge in [-0.15, -0.1) is 11.8 Å². The van der Waals surface area contributed by atoms with Gasteiger partial charge in [0.05, 0.1) is 19.1 Å². The number of amides is 1. The molecule has 1 aromatic rings. The molecule has 1 rings (SSSR count). The number of carbonyl (C=O) groups excluding carboxylic acids is 1. The maximum Gasteiger partial charge on any atom is 0.405 e. The molecule has 0 bridgehead atoms. The van der Waals surface area contributed by atoms with E-state index >= 15 is 0 Å². The first kappa shape index (κ1) is 18.5. The Kier molecular flexibility index (Phi) is 7.38. The molecule has 0 aliphatic heterocycles. The van der Waals surface area contributed by atoms with Crippen LogP contribution >= 0.6 is 11.8 Å². The van der Waals surface area contributed by atoms with Crippen LogP contribution in [-0.2, 0) is 4.74 Å². The Morgan fingerprint density at radius 3 is 2.55 bits per heavy atom. The fourth-order valence-electron chi connectivity index (χ4n) is 2.24. The van der Waals surface area contributed by atoms with Crippen LogP contribution in [0, 0.1) is 6.92 Å². The number of hydrogen-bond acceptors (Lipinski definition) is 5. The summed E-state index contributed by atoms with van der Waals surface area (Å²) in [5.74, 6) is 2.48. The van der Waals surface area contributed by atoms with E-state index in [9.17, 15) is 4.79 Å². The van der Waals surface area contributed by atoms with Gasteiger partial charge >= 0.3 is 6.09 Å². The fourth-order valence-corrected chi connectivity index (χ4v) is 3.53. The minimum Gasteiger partial charge on any atom is -0.495 e. The van der Waals surface area contributed by atoms with Crippen LogP contribution in [0.4, 0.5) is 4.79 Å². The van der Waals surface area contributed by atoms with Crippen LogP contribution < -0.4 is 15.2 Å². The van der Waals surface area contributed by atoms with Gasteiger partial charge in [0.2, 0.25) is 0 Å². The molecule has 5 nitrogen and oxygen atoms in total. The SMILES string of the molecule is CCCCSc1c(OC)cc(C(C)OC(N)=O)c(C)c1OC. The van der Waals surface area contributed by atoms with Gasteiger partial charge in [-0.3, -0.25) is 0 Å². The lowest BCUT2D eigenvalue weighted by Crippen LogP contribution is -2.16. The van der Waals surface area contributed by atoms with Crippen molar-refractivity contribution in [2.75, 3.05) is 20.0 Å². The Labute approximate surface area is 136 Å². The van der Waals surface area contributed by atoms with Crippen molar-refractivity contribution in [2.45, 2.75) is 44.6 Å². The van der Waals surface area contributed by atoms with Crippen molar-refractivity contribution >= 4 is 17.9 Å². The highest BCUT2D eigenvalue weighted by Gasteiger charge is 2.21. The van der Waals surface area contributed by atoms with Crippen molar-refractivity contribution in [3.05, 3.63) is 17.2 Å². The molecule has 0 aliphatic carbocycles. The molecule has 0 aliphatic rings. The number of rotatable bonds is 8. The third kappa shape index (κ3) is 4.47. The Hall–Kier alpha value is -1.56. The average Bonchev–Trinajstić information content (AvgIpc) is 2.47. The van der Waals surface area contributed by atoms with E-state index in [1.54, 1.807) is 32.9 Å². The number of unbranched alkanes of at least 4 members (excludes halogenated alkanes) is 1. The average molecular weight is 327 g/mol. The number of nitrogens with two attached hydrogens (primary N) is 1. The first-order valence-corrected chi connectivity index (χ1v) is 8.29. The van der Waals surface area contributed by atoms with Gasteiger partial charge in [-0.2, -0.15) is 0 Å². The van der Waals surface area contributed by atoms with E-state index in [-0.39, 0.29) is 0 Å². The van der Waals surface area contributed by atoms with Crippen LogP contribution in [0.1, 0.15) is 43.9 Å². The van der Waals surface area contributed by atoms with Gasteiger partial charge in [0, 0.05) is 5.56 Å². The number of benzene rings is 1. The zero-order chi connectivity index (χ0) is 16.7. The number of hydrogen-bond donors (Lipinski definition) is 1. The number of thioether (sulfide) groups is 1. The van der Waals surface area contributed by atoms with Crippen molar-refractivity contribution < 1.29 is 19.0 Å². The van der Waals surface area contributed by atoms with Gasteiger partial charge < -0.3 is 19.9 Å². The van der Waals surface area contributed by atoms with Crippen molar-refractivity contribution in [1.29, 1.82) is 0 Å². The van der Waals surface area contributed by atoms with Gasteiger partial charge in [-0.1, -0.05) is 13.3 Å². The molecule has 1 amide bonds. The standard InChI is InChI=1S/C16H25NO4S/c1-6-7-8-22-15-13(19-4)9-12(10(2)14(15)20-5)11(3)21-16(17)18/h9,11H,6-8H2,1-5H3,(H2,17,18). The smallest absolute Gasteiger partial charge is 0.405 e. The predicted molar refractivity (Wildman–Crippen MR) is 89.0 cm³/mol. The second-order valence-corrected chi connectivity index (χ2v) is 6.04. The van der Waals surface area contributed by atoms with Crippen LogP contribution in [-0.4, -0.2) is 26.1 Å². The Morgan fingerprint density at radius 1 is 1.36 bits per heavy atom. The first-order chi connectivity index (χ1) is 10.5. The van der Waals surface area contributed by atoms with E-state index in [0.717, 1.165) is 46.1 Å². The summed E-state index contributed by atoms with van der Waals surface area (Å²) in [4.78, 5) is 12.0. The highest BCUT2D eigenvalue weighted by atomic mass is 32.2. The van der Waals surface area contributed by atoms with Crippen LogP contribution in [0.5, 0.6) is 11.5 Å². The molecule has 1 atom stereocenters. The summed E-state index contributed by atoms with van der Waals surface area (Å²) in [7, 11) is 3.26. The highest BCUT2D eigenvalue weighted by molar-refractivity contribution is 7.99. The van der Waals surface area contributed by atoms with E-state index in [1.165, 1.54) is 0 Å². The van der Waals surface area contributed by atoms with Crippen molar-refractivity contribution in [3.63, 3.8) is 0 Å². The molecule has 1 aromatic carbocycles. The quantitative estimate of drug-likeness (QED) is 0.576. The monoisotopic (exact) mass is 327 g/mol. The first-order valence-electron chi connectivity index (χ1n) is 7.30. The predicted octanol–water partition coefficient (Wildman–Crippen LogP) is 4.06. The van der Waals surface area contributed by atoms with E-state index in [2.05, 4.69) is 6.92 Å². The van der Waals surface area contributed by atoms with Gasteiger partial charge in [-0.05, 0) is 37.7 Å². The van der Waals surface area contributed by atoms with E-state index < -0.39 is 12.2 Å². The number of methoxy groups -OCH3 is 2. The maximum absolute atomic E-state index is 11.0. The molecule has 2 N–H and O–H groups in total. The van der Waals surface area contributed by atoms with Crippen molar-refractivity contribution in [3.8, 4) is 11.5 Å². The molecule has 0 saturated heterocycles. The Balaban J connectivity index is 3.25. The van der Waals surface area contributed by atoms with Gasteiger partial charge in [0.1, 0.15) is 17.6 Å². The lowest BCUT2D eigenvalue weighted by Gasteiger charge is -2.21. The van der Waals surface area contributed by atoms with E-state index in [4.69, 9.17) is 19.9 Å². The normalized spacial score (nSPS) is 11.9. The molecule has 0 heterocycles. The maximum atomic E-state index is 11.0. The zero-order valence-electron chi connectivity index (χ0n) is 13.9. The molecule has 6 heteroatoms. The summed E-state index contributed by atoms with van der Waals surface area (Å²) in [5.41, 5.74) is 6.86. The van der Waals surface area contributed by atoms with Gasteiger partial charge in [0.25, 0.3) is 0 Å².